The summed E-state index contributed by atoms with van der Waals surface area (Å²) in [5.74, 6) is 1.19. The molecule has 0 unspecified atom stereocenters. The van der Waals surface area contributed by atoms with Crippen LogP contribution in [0.2, 0.25) is 0 Å². The van der Waals surface area contributed by atoms with E-state index in [1.807, 2.05) is 55.5 Å². The van der Waals surface area contributed by atoms with Gasteiger partial charge in [-0.25, -0.2) is 0 Å². The molecule has 4 rings (SSSR count). The molecule has 0 atom stereocenters. The number of amides is 1. The van der Waals surface area contributed by atoms with Crippen molar-refractivity contribution in [3.63, 3.8) is 0 Å². The molecule has 2 heterocycles. The Morgan fingerprint density at radius 1 is 1.09 bits per heavy atom. The normalized spacial score (nSPS) is 10.7. The smallest absolute Gasteiger partial charge is 0.259 e. The van der Waals surface area contributed by atoms with Crippen LogP contribution >= 0.6 is 0 Å². The first-order valence-electron chi connectivity index (χ1n) is 10.0. The van der Waals surface area contributed by atoms with Gasteiger partial charge in [0.15, 0.2) is 0 Å². The van der Waals surface area contributed by atoms with E-state index in [1.54, 1.807) is 19.4 Å². The van der Waals surface area contributed by atoms with Gasteiger partial charge in [-0.05, 0) is 36.8 Å². The van der Waals surface area contributed by atoms with Crippen LogP contribution in [0.5, 0.6) is 5.75 Å². The number of aromatic nitrogens is 3. The van der Waals surface area contributed by atoms with Gasteiger partial charge in [-0.15, -0.1) is 0 Å². The molecular formula is C24H22N4O4. The molecule has 8 nitrogen and oxygen atoms in total. The summed E-state index contributed by atoms with van der Waals surface area (Å²) < 4.78 is 11.8. The summed E-state index contributed by atoms with van der Waals surface area (Å²) in [5.41, 5.74) is 3.11. The topological polar surface area (TPSA) is 99.2 Å². The standard InChI is InChI=1S/C24H22N4O4/c1-16-4-3-5-18(12-16)23-26-24(32-27-23)19-8-11-22(30)28(14-19)15-21(29)25-13-17-6-9-20(31-2)10-7-17/h3-12,14H,13,15H2,1-2H3,(H,25,29). The van der Waals surface area contributed by atoms with Crippen molar-refractivity contribution in [3.8, 4) is 28.6 Å². The van der Waals surface area contributed by atoms with Crippen molar-refractivity contribution in [2.24, 2.45) is 0 Å². The highest BCUT2D eigenvalue weighted by atomic mass is 16.5. The van der Waals surface area contributed by atoms with Crippen LogP contribution in [0.25, 0.3) is 22.8 Å². The highest BCUT2D eigenvalue weighted by Crippen LogP contribution is 2.22. The molecule has 8 heteroatoms. The highest BCUT2D eigenvalue weighted by Gasteiger charge is 2.13. The van der Waals surface area contributed by atoms with E-state index in [2.05, 4.69) is 15.5 Å². The highest BCUT2D eigenvalue weighted by molar-refractivity contribution is 5.75. The van der Waals surface area contributed by atoms with Crippen LogP contribution in [-0.4, -0.2) is 27.7 Å². The van der Waals surface area contributed by atoms with E-state index >= 15 is 0 Å². The molecule has 0 aliphatic heterocycles. The van der Waals surface area contributed by atoms with Crippen LogP contribution in [0.15, 0.2) is 76.2 Å². The van der Waals surface area contributed by atoms with Crippen molar-refractivity contribution < 1.29 is 14.1 Å². The summed E-state index contributed by atoms with van der Waals surface area (Å²) >= 11 is 0. The Bertz CT molecular complexity index is 1290. The van der Waals surface area contributed by atoms with Gasteiger partial charge in [-0.3, -0.25) is 9.59 Å². The van der Waals surface area contributed by atoms with Crippen LogP contribution in [0, 0.1) is 6.92 Å². The summed E-state index contributed by atoms with van der Waals surface area (Å²) in [6.07, 6.45) is 1.54. The first-order chi connectivity index (χ1) is 15.5. The lowest BCUT2D eigenvalue weighted by atomic mass is 10.1. The minimum atomic E-state index is -0.299. The molecule has 0 saturated carbocycles. The second kappa shape index (κ2) is 9.30. The van der Waals surface area contributed by atoms with Gasteiger partial charge in [0, 0.05) is 24.4 Å². The molecule has 0 spiro atoms. The number of aryl methyl sites for hydroxylation is 1. The van der Waals surface area contributed by atoms with Crippen molar-refractivity contribution in [1.29, 1.82) is 0 Å². The molecule has 2 aromatic heterocycles. The molecule has 1 amide bonds. The predicted octanol–water partition coefficient (Wildman–Crippen LogP) is 3.20. The maximum absolute atomic E-state index is 12.4. The van der Waals surface area contributed by atoms with Crippen molar-refractivity contribution in [3.05, 3.63) is 88.3 Å². The van der Waals surface area contributed by atoms with Gasteiger partial charge >= 0.3 is 0 Å². The lowest BCUT2D eigenvalue weighted by Gasteiger charge is -2.09. The monoisotopic (exact) mass is 430 g/mol. The third-order valence-corrected chi connectivity index (χ3v) is 4.90. The number of rotatable bonds is 7. The fourth-order valence-corrected chi connectivity index (χ4v) is 3.18. The van der Waals surface area contributed by atoms with Gasteiger partial charge in [-0.1, -0.05) is 41.1 Å². The third-order valence-electron chi connectivity index (χ3n) is 4.90. The first kappa shape index (κ1) is 21.0. The Morgan fingerprint density at radius 3 is 2.66 bits per heavy atom. The average Bonchev–Trinajstić information content (AvgIpc) is 3.30. The van der Waals surface area contributed by atoms with E-state index in [9.17, 15) is 9.59 Å². The van der Waals surface area contributed by atoms with E-state index in [0.29, 0.717) is 17.9 Å². The van der Waals surface area contributed by atoms with Crippen LogP contribution in [0.4, 0.5) is 0 Å². The lowest BCUT2D eigenvalue weighted by molar-refractivity contribution is -0.121. The number of benzene rings is 2. The van der Waals surface area contributed by atoms with Gasteiger partial charge in [-0.2, -0.15) is 4.98 Å². The van der Waals surface area contributed by atoms with Crippen LogP contribution in [0.3, 0.4) is 0 Å². The Balaban J connectivity index is 1.45. The van der Waals surface area contributed by atoms with Crippen molar-refractivity contribution >= 4 is 5.91 Å². The molecule has 2 aromatic carbocycles. The lowest BCUT2D eigenvalue weighted by Crippen LogP contribution is -2.31. The van der Waals surface area contributed by atoms with E-state index in [-0.39, 0.29) is 23.9 Å². The molecule has 162 valence electrons. The quantitative estimate of drug-likeness (QED) is 0.483. The first-order valence-corrected chi connectivity index (χ1v) is 10.0. The zero-order chi connectivity index (χ0) is 22.5. The molecular weight excluding hydrogens is 408 g/mol. The summed E-state index contributed by atoms with van der Waals surface area (Å²) in [6.45, 7) is 2.21. The fourth-order valence-electron chi connectivity index (χ4n) is 3.18. The van der Waals surface area contributed by atoms with Gasteiger partial charge < -0.3 is 19.1 Å². The van der Waals surface area contributed by atoms with Gasteiger partial charge in [0.25, 0.3) is 11.4 Å². The Morgan fingerprint density at radius 2 is 1.91 bits per heavy atom. The van der Waals surface area contributed by atoms with E-state index in [0.717, 1.165) is 22.4 Å². The van der Waals surface area contributed by atoms with E-state index < -0.39 is 0 Å². The van der Waals surface area contributed by atoms with Gasteiger partial charge in [0.2, 0.25) is 11.7 Å². The molecule has 0 fully saturated rings. The largest absolute Gasteiger partial charge is 0.497 e. The van der Waals surface area contributed by atoms with Crippen molar-refractivity contribution in [2.75, 3.05) is 7.11 Å². The summed E-state index contributed by atoms with van der Waals surface area (Å²) in [4.78, 5) is 29.1. The van der Waals surface area contributed by atoms with Crippen molar-refractivity contribution in [1.82, 2.24) is 20.0 Å². The van der Waals surface area contributed by atoms with Gasteiger partial charge in [0.05, 0.1) is 12.7 Å². The second-order valence-electron chi connectivity index (χ2n) is 7.30. The van der Waals surface area contributed by atoms with Crippen molar-refractivity contribution in [2.45, 2.75) is 20.0 Å². The number of pyridine rings is 1. The molecule has 0 bridgehead atoms. The maximum atomic E-state index is 12.4. The predicted molar refractivity (Wildman–Crippen MR) is 119 cm³/mol. The van der Waals surface area contributed by atoms with E-state index in [4.69, 9.17) is 9.26 Å². The molecule has 32 heavy (non-hydrogen) atoms. The summed E-state index contributed by atoms with van der Waals surface area (Å²) in [5, 5.41) is 6.84. The zero-order valence-corrected chi connectivity index (χ0v) is 17.7. The fraction of sp³-hybridized carbons (Fsp3) is 0.167. The number of nitrogens with zero attached hydrogens (tertiary/aromatic N) is 3. The number of carbonyl (C=O) groups excluding carboxylic acids is 1. The Labute approximate surface area is 184 Å². The average molecular weight is 430 g/mol. The second-order valence-corrected chi connectivity index (χ2v) is 7.30. The summed E-state index contributed by atoms with van der Waals surface area (Å²) in [7, 11) is 1.60. The minimum absolute atomic E-state index is 0.123. The Kier molecular flexibility index (Phi) is 6.12. The molecule has 0 saturated heterocycles. The maximum Gasteiger partial charge on any atom is 0.259 e. The molecule has 0 aliphatic carbocycles. The van der Waals surface area contributed by atoms with Crippen LogP contribution in [-0.2, 0) is 17.9 Å². The molecule has 0 radical (unpaired) electrons. The number of ether oxygens (including phenoxy) is 1. The zero-order valence-electron chi connectivity index (χ0n) is 17.7. The molecule has 1 N–H and O–H groups in total. The Hall–Kier alpha value is -4.20. The molecule has 0 aliphatic rings. The SMILES string of the molecule is COc1ccc(CNC(=O)Cn2cc(-c3nc(-c4cccc(C)c4)no3)ccc2=O)cc1. The number of methoxy groups -OCH3 is 1. The van der Waals surface area contributed by atoms with E-state index in [1.165, 1.54) is 10.6 Å². The van der Waals surface area contributed by atoms with Crippen LogP contribution in [0.1, 0.15) is 11.1 Å². The van der Waals surface area contributed by atoms with Crippen LogP contribution < -0.4 is 15.6 Å². The van der Waals surface area contributed by atoms with Gasteiger partial charge in [0.1, 0.15) is 12.3 Å². The summed E-state index contributed by atoms with van der Waals surface area (Å²) in [6, 6.07) is 18.1. The number of hydrogen-bond acceptors (Lipinski definition) is 6. The number of hydrogen-bond donors (Lipinski definition) is 1. The molecule has 4 aromatic rings. The number of nitrogens with one attached hydrogen (secondary N) is 1. The minimum Gasteiger partial charge on any atom is -0.497 e. The number of carbonyl (C=O) groups is 1. The third kappa shape index (κ3) is 4.92.